The van der Waals surface area contributed by atoms with Crippen LogP contribution in [-0.2, 0) is 0 Å². The summed E-state index contributed by atoms with van der Waals surface area (Å²) in [6, 6.07) is 24.2. The normalized spacial score (nSPS) is 12.8. The third-order valence-electron chi connectivity index (χ3n) is 8.51. The lowest BCUT2D eigenvalue weighted by Gasteiger charge is -2.09. The summed E-state index contributed by atoms with van der Waals surface area (Å²) in [6.45, 7) is 3.82. The summed E-state index contributed by atoms with van der Waals surface area (Å²) in [4.78, 5) is 32.9. The highest BCUT2D eigenvalue weighted by atomic mass is 79.9. The molecule has 0 fully saturated rings. The summed E-state index contributed by atoms with van der Waals surface area (Å²) in [7, 11) is -1.40. The maximum absolute atomic E-state index is 13.8. The van der Waals surface area contributed by atoms with Gasteiger partial charge in [-0.2, -0.15) is 0 Å². The SMILES string of the molecule is Cc1ccc2c(c1)C(c1cc(F)cc(F)c1)=C(Br)C2=O.Cc1ccc2c(c1)C(c1cc(F)cc(F)c1)=C(c1cccnc1)C2=O.OB(O)c1cccnc1. The lowest BCUT2D eigenvalue weighted by atomic mass is 9.82. The fraction of sp³-hybridized carbons (Fsp3) is 0.0476. The standard InChI is InChI=1S/C21H13F2NO.C16H9BrF2O.C5H6BNO2/c1-12-4-5-17-18(7-12)19(14-8-15(22)10-16(23)9-14)20(21(17)25)13-3-2-6-24-11-13;1-8-2-3-12-13(4-8)14(15(17)16(12)20)9-5-10(18)7-11(19)6-9;8-6(9)5-2-1-3-7-4-5/h2-11H,1H3;2-7H,1H3;1-4,8-9H. The minimum atomic E-state index is -1.40. The number of aromatic nitrogens is 2. The number of aryl methyl sites for hydroxylation is 2. The number of hydrogen-bond acceptors (Lipinski definition) is 6. The van der Waals surface area contributed by atoms with Crippen molar-refractivity contribution in [2.24, 2.45) is 0 Å². The van der Waals surface area contributed by atoms with Crippen molar-refractivity contribution in [2.45, 2.75) is 13.8 Å². The van der Waals surface area contributed by atoms with E-state index in [1.807, 2.05) is 38.1 Å². The fourth-order valence-electron chi connectivity index (χ4n) is 6.15. The fourth-order valence-corrected chi connectivity index (χ4v) is 6.81. The van der Waals surface area contributed by atoms with Crippen LogP contribution in [0.25, 0.3) is 16.7 Å². The van der Waals surface area contributed by atoms with E-state index in [-0.39, 0.29) is 11.6 Å². The van der Waals surface area contributed by atoms with Crippen molar-refractivity contribution in [3.63, 3.8) is 0 Å². The number of pyridine rings is 2. The van der Waals surface area contributed by atoms with E-state index in [0.29, 0.717) is 65.6 Å². The van der Waals surface area contributed by atoms with Crippen LogP contribution in [-0.4, -0.2) is 38.7 Å². The highest BCUT2D eigenvalue weighted by Crippen LogP contribution is 2.43. The maximum atomic E-state index is 13.8. The van der Waals surface area contributed by atoms with E-state index in [9.17, 15) is 27.2 Å². The Morgan fingerprint density at radius 2 is 1.02 bits per heavy atom. The zero-order valence-electron chi connectivity index (χ0n) is 28.6. The van der Waals surface area contributed by atoms with Gasteiger partial charge in [0, 0.05) is 75.8 Å². The number of fused-ring (bicyclic) bond motifs is 2. The molecule has 2 aliphatic carbocycles. The zero-order valence-corrected chi connectivity index (χ0v) is 30.2. The van der Waals surface area contributed by atoms with Crippen LogP contribution < -0.4 is 5.46 Å². The average molecular weight is 791 g/mol. The van der Waals surface area contributed by atoms with Crippen molar-refractivity contribution in [1.29, 1.82) is 0 Å². The Kier molecular flexibility index (Phi) is 11.3. The Bertz CT molecular complexity index is 2450. The molecule has 0 radical (unpaired) electrons. The first kappa shape index (κ1) is 37.9. The first-order chi connectivity index (χ1) is 25.8. The summed E-state index contributed by atoms with van der Waals surface area (Å²) in [6.07, 6.45) is 6.18. The summed E-state index contributed by atoms with van der Waals surface area (Å²) in [5.41, 5.74) is 7.63. The molecule has 12 heteroatoms. The molecule has 0 unspecified atom stereocenters. The van der Waals surface area contributed by atoms with Gasteiger partial charge in [0.2, 0.25) is 5.78 Å². The van der Waals surface area contributed by atoms with Gasteiger partial charge < -0.3 is 10.0 Å². The molecule has 268 valence electrons. The van der Waals surface area contributed by atoms with Gasteiger partial charge in [-0.25, -0.2) is 17.6 Å². The van der Waals surface area contributed by atoms with Gasteiger partial charge >= 0.3 is 7.12 Å². The first-order valence-electron chi connectivity index (χ1n) is 16.4. The Balaban J connectivity index is 0.000000153. The minimum absolute atomic E-state index is 0.164. The smallest absolute Gasteiger partial charge is 0.423 e. The zero-order chi connectivity index (χ0) is 38.7. The Morgan fingerprint density at radius 3 is 1.48 bits per heavy atom. The summed E-state index contributed by atoms with van der Waals surface area (Å²) < 4.78 is 54.7. The van der Waals surface area contributed by atoms with Gasteiger partial charge in [-0.3, -0.25) is 19.6 Å². The van der Waals surface area contributed by atoms with Gasteiger partial charge in [0.25, 0.3) is 0 Å². The number of halogens is 5. The van der Waals surface area contributed by atoms with E-state index in [0.717, 1.165) is 23.3 Å². The summed E-state index contributed by atoms with van der Waals surface area (Å²) >= 11 is 3.25. The van der Waals surface area contributed by atoms with Crippen LogP contribution in [0.3, 0.4) is 0 Å². The Labute approximate surface area is 316 Å². The lowest BCUT2D eigenvalue weighted by molar-refractivity contribution is 0.104. The Morgan fingerprint density at radius 1 is 0.537 bits per heavy atom. The van der Waals surface area contributed by atoms with E-state index in [4.69, 9.17) is 10.0 Å². The van der Waals surface area contributed by atoms with Crippen molar-refractivity contribution < 1.29 is 37.2 Å². The highest BCUT2D eigenvalue weighted by molar-refractivity contribution is 9.12. The molecule has 2 aliphatic rings. The molecule has 2 aromatic heterocycles. The lowest BCUT2D eigenvalue weighted by Crippen LogP contribution is -2.29. The van der Waals surface area contributed by atoms with Gasteiger partial charge in [-0.1, -0.05) is 59.7 Å². The molecule has 54 heavy (non-hydrogen) atoms. The van der Waals surface area contributed by atoms with E-state index < -0.39 is 30.4 Å². The van der Waals surface area contributed by atoms with Crippen molar-refractivity contribution in [3.8, 4) is 0 Å². The van der Waals surface area contributed by atoms with Crippen LogP contribution in [0.5, 0.6) is 0 Å². The molecule has 0 bridgehead atoms. The number of carbonyl (C=O) groups excluding carboxylic acids is 2. The molecule has 0 amide bonds. The number of allylic oxidation sites excluding steroid dienone is 2. The molecule has 2 N–H and O–H groups in total. The molecular formula is C42H28BBrF4N2O4. The van der Waals surface area contributed by atoms with Crippen LogP contribution in [0.1, 0.15) is 59.7 Å². The van der Waals surface area contributed by atoms with Gasteiger partial charge in [0.15, 0.2) is 5.78 Å². The second kappa shape index (κ2) is 16.1. The van der Waals surface area contributed by atoms with Gasteiger partial charge in [-0.15, -0.1) is 0 Å². The number of nitrogens with zero attached hydrogens (tertiary/aromatic N) is 2. The van der Waals surface area contributed by atoms with Gasteiger partial charge in [-0.05, 0) is 88.4 Å². The maximum Gasteiger partial charge on any atom is 0.490 e. The van der Waals surface area contributed by atoms with Gasteiger partial charge in [0.1, 0.15) is 23.3 Å². The number of hydrogen-bond donors (Lipinski definition) is 2. The number of ketones is 2. The van der Waals surface area contributed by atoms with Crippen LogP contribution >= 0.6 is 15.9 Å². The van der Waals surface area contributed by atoms with E-state index >= 15 is 0 Å². The molecule has 8 rings (SSSR count). The molecule has 0 aliphatic heterocycles. The average Bonchev–Trinajstić information content (AvgIpc) is 3.56. The molecule has 0 atom stereocenters. The van der Waals surface area contributed by atoms with Crippen LogP contribution in [0.4, 0.5) is 17.6 Å². The van der Waals surface area contributed by atoms with Crippen molar-refractivity contribution >= 4 is 56.8 Å². The van der Waals surface area contributed by atoms with Gasteiger partial charge in [0.05, 0.1) is 4.48 Å². The number of rotatable bonds is 4. The van der Waals surface area contributed by atoms with E-state index in [2.05, 4.69) is 25.9 Å². The second-order valence-electron chi connectivity index (χ2n) is 12.4. The quantitative estimate of drug-likeness (QED) is 0.138. The van der Waals surface area contributed by atoms with Crippen LogP contribution in [0.15, 0.2) is 126 Å². The van der Waals surface area contributed by atoms with Crippen molar-refractivity contribution in [2.75, 3.05) is 0 Å². The van der Waals surface area contributed by atoms with E-state index in [1.54, 1.807) is 55.0 Å². The monoisotopic (exact) mass is 790 g/mol. The third-order valence-corrected chi connectivity index (χ3v) is 9.27. The minimum Gasteiger partial charge on any atom is -0.423 e. The van der Waals surface area contributed by atoms with Crippen molar-refractivity contribution in [1.82, 2.24) is 9.97 Å². The molecule has 6 nitrogen and oxygen atoms in total. The predicted octanol–water partition coefficient (Wildman–Crippen LogP) is 8.21. The number of Topliss-reactive ketones (excluding diaryl/α,β-unsaturated/α-hetero) is 2. The summed E-state index contributed by atoms with van der Waals surface area (Å²) in [5.74, 6) is -3.02. The largest absolute Gasteiger partial charge is 0.490 e. The molecule has 6 aromatic rings. The molecule has 0 spiro atoms. The highest BCUT2D eigenvalue weighted by Gasteiger charge is 2.32. The third kappa shape index (κ3) is 8.06. The molecule has 4 aromatic carbocycles. The number of benzene rings is 4. The molecule has 0 saturated carbocycles. The predicted molar refractivity (Wildman–Crippen MR) is 203 cm³/mol. The first-order valence-corrected chi connectivity index (χ1v) is 17.2. The number of carbonyl (C=O) groups is 2. The second-order valence-corrected chi connectivity index (χ2v) is 13.2. The topological polar surface area (TPSA) is 100 Å². The van der Waals surface area contributed by atoms with E-state index in [1.165, 1.54) is 30.5 Å². The van der Waals surface area contributed by atoms with Crippen LogP contribution in [0.2, 0.25) is 0 Å². The van der Waals surface area contributed by atoms with Crippen LogP contribution in [0, 0.1) is 37.1 Å². The molecule has 2 heterocycles. The molecule has 0 saturated heterocycles. The van der Waals surface area contributed by atoms with Crippen molar-refractivity contribution in [3.05, 3.63) is 200 Å². The summed E-state index contributed by atoms with van der Waals surface area (Å²) in [5, 5.41) is 17.1. The Hall–Kier alpha value is -5.82. The molecular weight excluding hydrogens is 763 g/mol.